The van der Waals surface area contributed by atoms with E-state index in [2.05, 4.69) is 10.4 Å². The number of hydrogen-bond donors (Lipinski definition) is 1. The fourth-order valence-corrected chi connectivity index (χ4v) is 2.02. The Kier molecular flexibility index (Phi) is 6.21. The van der Waals surface area contributed by atoms with E-state index in [-0.39, 0.29) is 18.8 Å². The third-order valence-corrected chi connectivity index (χ3v) is 3.10. The van der Waals surface area contributed by atoms with Crippen LogP contribution in [-0.4, -0.2) is 34.6 Å². The molecule has 0 radical (unpaired) electrons. The third-order valence-electron chi connectivity index (χ3n) is 3.10. The van der Waals surface area contributed by atoms with Crippen LogP contribution in [0.1, 0.15) is 22.8 Å². The van der Waals surface area contributed by atoms with E-state index >= 15 is 0 Å². The average Bonchev–Trinajstić information content (AvgIpc) is 2.95. The predicted molar refractivity (Wildman–Crippen MR) is 84.5 cm³/mol. The van der Waals surface area contributed by atoms with Gasteiger partial charge in [0.15, 0.2) is 0 Å². The van der Waals surface area contributed by atoms with E-state index in [0.29, 0.717) is 10.2 Å². The highest BCUT2D eigenvalue weighted by atomic mass is 19.4. The molecule has 0 aliphatic heterocycles. The number of nitrogens with zero attached hydrogens (tertiary/aromatic N) is 2. The largest absolute Gasteiger partial charge is 0.462 e. The smallest absolute Gasteiger partial charge is 0.413 e. The average molecular weight is 371 g/mol. The lowest BCUT2D eigenvalue weighted by Crippen LogP contribution is -2.24. The normalized spacial score (nSPS) is 11.1. The van der Waals surface area contributed by atoms with E-state index in [1.807, 2.05) is 0 Å². The molecule has 1 amide bonds. The fraction of sp³-hybridized carbons (Fsp3) is 0.312. The second-order valence-corrected chi connectivity index (χ2v) is 5.09. The van der Waals surface area contributed by atoms with E-state index in [1.54, 1.807) is 37.3 Å². The summed E-state index contributed by atoms with van der Waals surface area (Å²) in [5, 5.41) is 5.63. The molecule has 1 aromatic carbocycles. The second-order valence-electron chi connectivity index (χ2n) is 5.09. The van der Waals surface area contributed by atoms with Gasteiger partial charge in [0.1, 0.15) is 24.5 Å². The van der Waals surface area contributed by atoms with E-state index in [9.17, 15) is 22.8 Å². The predicted octanol–water partition coefficient (Wildman–Crippen LogP) is 3.37. The monoisotopic (exact) mass is 371 g/mol. The summed E-state index contributed by atoms with van der Waals surface area (Å²) >= 11 is 0. The maximum Gasteiger partial charge on any atom is 0.413 e. The maximum absolute atomic E-state index is 12.7. The number of esters is 1. The van der Waals surface area contributed by atoms with Crippen LogP contribution in [0.3, 0.4) is 0 Å². The highest BCUT2D eigenvalue weighted by Gasteiger charge is 2.32. The number of carbonyl (C=O) groups is 2. The molecule has 0 saturated carbocycles. The van der Waals surface area contributed by atoms with Crippen LogP contribution in [0.25, 0.3) is 0 Å². The summed E-state index contributed by atoms with van der Waals surface area (Å²) in [5.74, 6) is -1.35. The molecule has 1 N–H and O–H groups in total. The van der Waals surface area contributed by atoms with Crippen LogP contribution in [0.15, 0.2) is 36.5 Å². The first-order valence-corrected chi connectivity index (χ1v) is 7.57. The number of aromatic nitrogens is 2. The minimum Gasteiger partial charge on any atom is -0.462 e. The van der Waals surface area contributed by atoms with Crippen molar-refractivity contribution in [3.05, 3.63) is 47.7 Å². The molecule has 0 unspecified atom stereocenters. The van der Waals surface area contributed by atoms with Gasteiger partial charge in [-0.05, 0) is 12.5 Å². The molecule has 0 saturated heterocycles. The third kappa shape index (κ3) is 5.50. The quantitative estimate of drug-likeness (QED) is 0.788. The Bertz CT molecular complexity index is 760. The summed E-state index contributed by atoms with van der Waals surface area (Å²) in [7, 11) is 0. The molecule has 140 valence electrons. The SMILES string of the molecule is CCOC(=O)c1cnn(CC(F)(F)F)c1NC(=O)OCc1ccccc1. The zero-order valence-electron chi connectivity index (χ0n) is 13.7. The standard InChI is InChI=1S/C16H16F3N3O4/c1-2-25-14(23)12-8-20-22(10-16(17,18)19)13(12)21-15(24)26-9-11-6-4-3-5-7-11/h3-8H,2,9-10H2,1H3,(H,21,24). The zero-order chi connectivity index (χ0) is 19.2. The lowest BCUT2D eigenvalue weighted by Gasteiger charge is -2.13. The molecule has 0 bridgehead atoms. The van der Waals surface area contributed by atoms with E-state index in [0.717, 1.165) is 6.20 Å². The summed E-state index contributed by atoms with van der Waals surface area (Å²) in [6.45, 7) is -0.0179. The van der Waals surface area contributed by atoms with Crippen LogP contribution in [0, 0.1) is 0 Å². The van der Waals surface area contributed by atoms with E-state index in [1.165, 1.54) is 0 Å². The van der Waals surface area contributed by atoms with Crippen LogP contribution in [0.4, 0.5) is 23.8 Å². The van der Waals surface area contributed by atoms with Gasteiger partial charge in [-0.2, -0.15) is 18.3 Å². The Morgan fingerprint density at radius 2 is 1.88 bits per heavy atom. The molecule has 0 aliphatic rings. The summed E-state index contributed by atoms with van der Waals surface area (Å²) in [4.78, 5) is 23.8. The molecule has 2 aromatic rings. The van der Waals surface area contributed by atoms with E-state index < -0.39 is 30.6 Å². The van der Waals surface area contributed by atoms with Gasteiger partial charge in [0.25, 0.3) is 0 Å². The molecule has 7 nitrogen and oxygen atoms in total. The van der Waals surface area contributed by atoms with Gasteiger partial charge in [0.05, 0.1) is 12.8 Å². The lowest BCUT2D eigenvalue weighted by atomic mass is 10.2. The van der Waals surface area contributed by atoms with Gasteiger partial charge >= 0.3 is 18.2 Å². The number of halogens is 3. The molecule has 2 rings (SSSR count). The molecule has 26 heavy (non-hydrogen) atoms. The molecule has 1 heterocycles. The molecule has 0 atom stereocenters. The molecule has 0 spiro atoms. The van der Waals surface area contributed by atoms with Crippen molar-refractivity contribution in [2.75, 3.05) is 11.9 Å². The first kappa shape index (κ1) is 19.3. The van der Waals surface area contributed by atoms with E-state index in [4.69, 9.17) is 9.47 Å². The van der Waals surface area contributed by atoms with Gasteiger partial charge in [-0.1, -0.05) is 30.3 Å². The van der Waals surface area contributed by atoms with Crippen molar-refractivity contribution in [2.24, 2.45) is 0 Å². The summed E-state index contributed by atoms with van der Waals surface area (Å²) < 4.78 is 48.2. The molecule has 10 heteroatoms. The molecule has 1 aromatic heterocycles. The maximum atomic E-state index is 12.7. The van der Waals surface area contributed by atoms with Crippen LogP contribution in [0.5, 0.6) is 0 Å². The molecular formula is C16H16F3N3O4. The Morgan fingerprint density at radius 3 is 2.50 bits per heavy atom. The Morgan fingerprint density at radius 1 is 1.19 bits per heavy atom. The van der Waals surface area contributed by atoms with Crippen molar-refractivity contribution < 1.29 is 32.2 Å². The number of alkyl halides is 3. The fourth-order valence-electron chi connectivity index (χ4n) is 2.02. The molecule has 0 aliphatic carbocycles. The van der Waals surface area contributed by atoms with Gasteiger partial charge in [-0.25, -0.2) is 14.3 Å². The van der Waals surface area contributed by atoms with Gasteiger partial charge in [0, 0.05) is 0 Å². The van der Waals surface area contributed by atoms with Crippen molar-refractivity contribution in [1.82, 2.24) is 9.78 Å². The van der Waals surface area contributed by atoms with Crippen molar-refractivity contribution >= 4 is 17.9 Å². The van der Waals surface area contributed by atoms with Crippen LogP contribution >= 0.6 is 0 Å². The van der Waals surface area contributed by atoms with Gasteiger partial charge in [-0.15, -0.1) is 0 Å². The van der Waals surface area contributed by atoms with Crippen LogP contribution < -0.4 is 5.32 Å². The minimum absolute atomic E-state index is 0.0151. The number of nitrogens with one attached hydrogen (secondary N) is 1. The van der Waals surface area contributed by atoms with Gasteiger partial charge in [0.2, 0.25) is 0 Å². The second kappa shape index (κ2) is 8.37. The molecular weight excluding hydrogens is 355 g/mol. The number of carbonyl (C=O) groups excluding carboxylic acids is 2. The topological polar surface area (TPSA) is 82.5 Å². The van der Waals surface area contributed by atoms with Crippen molar-refractivity contribution in [3.8, 4) is 0 Å². The van der Waals surface area contributed by atoms with Crippen molar-refractivity contribution in [3.63, 3.8) is 0 Å². The van der Waals surface area contributed by atoms with Gasteiger partial charge < -0.3 is 9.47 Å². The highest BCUT2D eigenvalue weighted by molar-refractivity contribution is 5.98. The highest BCUT2D eigenvalue weighted by Crippen LogP contribution is 2.23. The number of ether oxygens (including phenoxy) is 2. The first-order chi connectivity index (χ1) is 12.3. The summed E-state index contributed by atoms with van der Waals surface area (Å²) in [6, 6.07) is 8.70. The number of anilines is 1. The number of rotatable bonds is 6. The summed E-state index contributed by atoms with van der Waals surface area (Å²) in [5.41, 5.74) is 0.393. The Balaban J connectivity index is 2.14. The van der Waals surface area contributed by atoms with Crippen molar-refractivity contribution in [1.29, 1.82) is 0 Å². The number of benzene rings is 1. The lowest BCUT2D eigenvalue weighted by molar-refractivity contribution is -0.142. The summed E-state index contributed by atoms with van der Waals surface area (Å²) in [6.07, 6.45) is -4.72. The molecule has 0 fully saturated rings. The number of hydrogen-bond acceptors (Lipinski definition) is 5. The van der Waals surface area contributed by atoms with Crippen LogP contribution in [0.2, 0.25) is 0 Å². The van der Waals surface area contributed by atoms with Crippen molar-refractivity contribution in [2.45, 2.75) is 26.3 Å². The first-order valence-electron chi connectivity index (χ1n) is 7.57. The zero-order valence-corrected chi connectivity index (χ0v) is 13.7. The van der Waals surface area contributed by atoms with Crippen LogP contribution in [-0.2, 0) is 22.6 Å². The number of amides is 1. The van der Waals surface area contributed by atoms with Gasteiger partial charge in [-0.3, -0.25) is 5.32 Å². The minimum atomic E-state index is -4.59. The Hall–Kier alpha value is -3.04. The Labute approximate surface area is 146 Å².